The molecule has 0 heterocycles. The number of carbonyl (C=O) groups is 2. The Morgan fingerprint density at radius 2 is 1.18 bits per heavy atom. The number of isocyanates is 2. The Hall–Kier alpha value is 2.02. The Balaban J connectivity index is -0.0000000945. The minimum atomic E-state index is -2.19. The van der Waals surface area contributed by atoms with Gasteiger partial charge in [0, 0.05) is 9.83 Å². The number of hydrogen-bond acceptors (Lipinski definition) is 11. The summed E-state index contributed by atoms with van der Waals surface area (Å²) >= 11 is 0. The summed E-state index contributed by atoms with van der Waals surface area (Å²) in [5, 5.41) is 17.9. The smallest absolute Gasteiger partial charge is 0.543 e. The van der Waals surface area contributed by atoms with E-state index in [2.05, 4.69) is 8.80 Å². The molecule has 0 aliphatic rings. The molecule has 13 heteroatoms. The first kappa shape index (κ1) is 27.4. The predicted octanol–water partition coefficient (Wildman–Crippen LogP) is -7.99. The van der Waals surface area contributed by atoms with Gasteiger partial charge in [-0.15, -0.1) is 8.80 Å². The molecule has 0 aromatic heterocycles. The van der Waals surface area contributed by atoms with E-state index in [1.807, 2.05) is 0 Å². The summed E-state index contributed by atoms with van der Waals surface area (Å²) in [6.07, 6.45) is 2.62. The van der Waals surface area contributed by atoms with Crippen molar-refractivity contribution in [1.29, 1.82) is 0 Å². The van der Waals surface area contributed by atoms with Gasteiger partial charge in [0.1, 0.15) is 0 Å². The molecule has 0 spiro atoms. The van der Waals surface area contributed by atoms with E-state index in [4.69, 9.17) is 19.8 Å². The van der Waals surface area contributed by atoms with Gasteiger partial charge in [0.25, 0.3) is 0 Å². The van der Waals surface area contributed by atoms with Crippen molar-refractivity contribution in [2.75, 3.05) is 0 Å². The van der Waals surface area contributed by atoms with Gasteiger partial charge >= 0.3 is 103 Å². The number of nitrogens with zero attached hydrogens (tertiary/aromatic N) is 2. The van der Waals surface area contributed by atoms with Crippen molar-refractivity contribution in [3.63, 3.8) is 0 Å². The average Bonchev–Trinajstić information content (AvgIpc) is 2.18. The number of hydrogen-bond donors (Lipinski definition) is 0. The van der Waals surface area contributed by atoms with Crippen molar-refractivity contribution in [2.24, 2.45) is 8.80 Å². The van der Waals surface area contributed by atoms with E-state index in [1.165, 1.54) is 12.2 Å². The zero-order valence-electron chi connectivity index (χ0n) is 8.57. The third-order valence-electron chi connectivity index (χ3n) is 0.377. The average molecular weight is 346 g/mol. The third-order valence-corrected chi connectivity index (χ3v) is 2.70. The van der Waals surface area contributed by atoms with Gasteiger partial charge in [-0.25, -0.2) is 9.59 Å². The third kappa shape index (κ3) is 32.0. The largest absolute Gasteiger partial charge is 1.00 e. The number of carboxylic acids is 2. The minimum absolute atomic E-state index is 0. The van der Waals surface area contributed by atoms with E-state index in [0.717, 1.165) is 31.8 Å². The first-order valence-corrected chi connectivity index (χ1v) is 6.02. The normalized spacial score (nSPS) is 6.35. The molecule has 8 nitrogen and oxygen atoms in total. The fraction of sp³-hybridized carbons (Fsp3) is 0. The van der Waals surface area contributed by atoms with Crippen molar-refractivity contribution >= 4 is 55.9 Å². The fourth-order valence-electron chi connectivity index (χ4n) is 0.0745. The second-order valence-electron chi connectivity index (χ2n) is 1.16. The SMILES string of the molecule is O=C([O-])C(=O)[O-].O=C=NSSSN=C=O.[K+].[K+]. The standard InChI is InChI=1S/C2N2O2S3.C2H2O4.2K/c5-1-3-7-9-8-4-2-6;3-1(4)2(5)6;;/h;(H,3,4)(H,5,6);;/q;;2*+1/p-2. The molecule has 0 N–H and O–H groups in total. The summed E-state index contributed by atoms with van der Waals surface area (Å²) in [5.74, 6) is -4.37. The summed E-state index contributed by atoms with van der Waals surface area (Å²) in [4.78, 5) is 36.6. The van der Waals surface area contributed by atoms with Crippen LogP contribution >= 0.6 is 31.8 Å². The monoisotopic (exact) mass is 346 g/mol. The van der Waals surface area contributed by atoms with Crippen LogP contribution in [0.5, 0.6) is 0 Å². The zero-order chi connectivity index (χ0) is 12.1. The Labute approximate surface area is 192 Å². The molecular weight excluding hydrogens is 346 g/mol. The molecule has 82 valence electrons. The topological polar surface area (TPSA) is 139 Å². The van der Waals surface area contributed by atoms with Crippen LogP contribution in [0.3, 0.4) is 0 Å². The van der Waals surface area contributed by atoms with Crippen LogP contribution in [0.25, 0.3) is 0 Å². The molecular formula is C4K2N2O6S3. The maximum atomic E-state index is 9.39. The first-order valence-electron chi connectivity index (χ1n) is 2.62. The van der Waals surface area contributed by atoms with E-state index in [1.54, 1.807) is 0 Å². The van der Waals surface area contributed by atoms with Gasteiger partial charge in [0.2, 0.25) is 12.2 Å². The molecule has 0 bridgehead atoms. The minimum Gasteiger partial charge on any atom is -0.543 e. The molecule has 0 fully saturated rings. The molecule has 0 saturated heterocycles. The van der Waals surface area contributed by atoms with Crippen LogP contribution in [0.1, 0.15) is 0 Å². The van der Waals surface area contributed by atoms with Gasteiger partial charge in [-0.2, -0.15) is 0 Å². The van der Waals surface area contributed by atoms with Crippen LogP contribution < -0.4 is 113 Å². The van der Waals surface area contributed by atoms with Crippen molar-refractivity contribution < 1.29 is 132 Å². The molecule has 0 rings (SSSR count). The van der Waals surface area contributed by atoms with E-state index < -0.39 is 11.9 Å². The Bertz CT molecular complexity index is 286. The van der Waals surface area contributed by atoms with Gasteiger partial charge < -0.3 is 19.8 Å². The van der Waals surface area contributed by atoms with E-state index in [9.17, 15) is 9.59 Å². The van der Waals surface area contributed by atoms with E-state index in [-0.39, 0.29) is 103 Å². The Morgan fingerprint density at radius 1 is 0.882 bits per heavy atom. The number of aliphatic carboxylic acids is 2. The van der Waals surface area contributed by atoms with Crippen LogP contribution in [-0.4, -0.2) is 24.1 Å². The maximum Gasteiger partial charge on any atom is 1.00 e. The number of carbonyl (C=O) groups excluding carboxylic acids is 4. The van der Waals surface area contributed by atoms with Gasteiger partial charge in [-0.3, -0.25) is 0 Å². The molecule has 0 aromatic carbocycles. The molecule has 0 amide bonds. The summed E-state index contributed by atoms with van der Waals surface area (Å²) in [5.41, 5.74) is 0. The van der Waals surface area contributed by atoms with Crippen LogP contribution in [0.4, 0.5) is 0 Å². The maximum absolute atomic E-state index is 9.39. The summed E-state index contributed by atoms with van der Waals surface area (Å²) in [6, 6.07) is 0. The van der Waals surface area contributed by atoms with Crippen molar-refractivity contribution in [2.45, 2.75) is 0 Å². The summed E-state index contributed by atoms with van der Waals surface area (Å²) in [6.45, 7) is 0. The van der Waals surface area contributed by atoms with Crippen LogP contribution in [0, 0.1) is 0 Å². The van der Waals surface area contributed by atoms with Crippen LogP contribution in [0.2, 0.25) is 0 Å². The first-order chi connectivity index (χ1) is 7.06. The molecule has 0 saturated carbocycles. The van der Waals surface area contributed by atoms with Gasteiger partial charge in [0.15, 0.2) is 0 Å². The summed E-state index contributed by atoms with van der Waals surface area (Å²) in [7, 11) is 2.88. The number of carboxylic acid groups (broad SMARTS) is 2. The fourth-order valence-corrected chi connectivity index (χ4v) is 1.46. The predicted molar refractivity (Wildman–Crippen MR) is 49.0 cm³/mol. The molecule has 0 atom stereocenters. The molecule has 0 unspecified atom stereocenters. The zero-order valence-corrected chi connectivity index (χ0v) is 17.3. The van der Waals surface area contributed by atoms with E-state index >= 15 is 0 Å². The van der Waals surface area contributed by atoms with Gasteiger partial charge in [0.05, 0.1) is 33.9 Å². The van der Waals surface area contributed by atoms with E-state index in [0.29, 0.717) is 0 Å². The van der Waals surface area contributed by atoms with Gasteiger partial charge in [-0.1, -0.05) is 0 Å². The Morgan fingerprint density at radius 3 is 1.35 bits per heavy atom. The van der Waals surface area contributed by atoms with Crippen LogP contribution in [0.15, 0.2) is 8.80 Å². The molecule has 0 aliphatic heterocycles. The molecule has 0 aliphatic carbocycles. The molecule has 17 heavy (non-hydrogen) atoms. The molecule has 0 radical (unpaired) electrons. The number of rotatable bonds is 4. The molecule has 0 aromatic rings. The Kier molecular flexibility index (Phi) is 37.3. The van der Waals surface area contributed by atoms with Crippen molar-refractivity contribution in [3.05, 3.63) is 0 Å². The van der Waals surface area contributed by atoms with Crippen LogP contribution in [-0.2, 0) is 19.2 Å². The van der Waals surface area contributed by atoms with Gasteiger partial charge in [-0.05, 0) is 0 Å². The quantitative estimate of drug-likeness (QED) is 0.0923. The summed E-state index contributed by atoms with van der Waals surface area (Å²) < 4.78 is 6.21. The second-order valence-corrected chi connectivity index (χ2v) is 4.48. The van der Waals surface area contributed by atoms with Crippen molar-refractivity contribution in [3.8, 4) is 0 Å². The second kappa shape index (κ2) is 23.1. The van der Waals surface area contributed by atoms with Crippen molar-refractivity contribution in [1.82, 2.24) is 0 Å².